The lowest BCUT2D eigenvalue weighted by Gasteiger charge is -1.96. The number of aliphatic carboxylic acids is 1. The third-order valence-electron chi connectivity index (χ3n) is 2.11. The Bertz CT molecular complexity index is 271. The van der Waals surface area contributed by atoms with Gasteiger partial charge in [-0.1, -0.05) is 37.1 Å². The van der Waals surface area contributed by atoms with E-state index in [1.807, 2.05) is 19.9 Å². The van der Waals surface area contributed by atoms with Crippen LogP contribution in [-0.2, 0) is 4.79 Å². The highest BCUT2D eigenvalue weighted by atomic mass is 16.4. The van der Waals surface area contributed by atoms with Crippen LogP contribution in [0.25, 0.3) is 0 Å². The van der Waals surface area contributed by atoms with Gasteiger partial charge in [0.2, 0.25) is 0 Å². The van der Waals surface area contributed by atoms with Crippen molar-refractivity contribution in [1.29, 1.82) is 0 Å². The molecule has 0 aliphatic rings. The maximum atomic E-state index is 9.81. The van der Waals surface area contributed by atoms with Gasteiger partial charge in [-0.15, -0.1) is 0 Å². The Morgan fingerprint density at radius 2 is 1.72 bits per heavy atom. The van der Waals surface area contributed by atoms with Crippen LogP contribution in [0.15, 0.2) is 23.3 Å². The predicted molar refractivity (Wildman–Crippen MR) is 76.6 cm³/mol. The maximum absolute atomic E-state index is 9.81. The average Bonchev–Trinajstić information content (AvgIpc) is 2.15. The first kappa shape index (κ1) is 19.3. The molecule has 0 heterocycles. The lowest BCUT2D eigenvalue weighted by Crippen LogP contribution is -1.99. The second-order valence-corrected chi connectivity index (χ2v) is 5.04. The Labute approximate surface area is 111 Å². The number of hydrogen-bond acceptors (Lipinski definition) is 2. The molecule has 0 atom stereocenters. The summed E-state index contributed by atoms with van der Waals surface area (Å²) in [5, 5.41) is 16.6. The summed E-state index contributed by atoms with van der Waals surface area (Å²) in [6.45, 7) is 10.2. The highest BCUT2D eigenvalue weighted by Crippen LogP contribution is 2.05. The second kappa shape index (κ2) is 12.4. The van der Waals surface area contributed by atoms with E-state index in [-0.39, 0.29) is 18.9 Å². The summed E-state index contributed by atoms with van der Waals surface area (Å²) in [5.74, 6) is -0.438. The molecule has 0 aliphatic carbocycles. The van der Waals surface area contributed by atoms with Crippen LogP contribution < -0.4 is 0 Å². The van der Waals surface area contributed by atoms with Crippen molar-refractivity contribution in [2.75, 3.05) is 6.61 Å². The lowest BCUT2D eigenvalue weighted by molar-refractivity contribution is -0.137. The predicted octanol–water partition coefficient (Wildman–Crippen LogP) is 3.79. The first-order valence-corrected chi connectivity index (χ1v) is 6.41. The van der Waals surface area contributed by atoms with E-state index in [1.165, 1.54) is 11.1 Å². The van der Waals surface area contributed by atoms with Crippen LogP contribution in [0, 0.1) is 5.92 Å². The monoisotopic (exact) mass is 256 g/mol. The first-order valence-electron chi connectivity index (χ1n) is 6.41. The molecule has 3 nitrogen and oxygen atoms in total. The van der Waals surface area contributed by atoms with E-state index in [9.17, 15) is 4.79 Å². The van der Waals surface area contributed by atoms with Crippen molar-refractivity contribution >= 4 is 5.97 Å². The van der Waals surface area contributed by atoms with E-state index < -0.39 is 5.97 Å². The quantitative estimate of drug-likeness (QED) is 0.711. The first-order chi connectivity index (χ1) is 8.29. The topological polar surface area (TPSA) is 57.5 Å². The van der Waals surface area contributed by atoms with Gasteiger partial charge in [-0.3, -0.25) is 4.79 Å². The molecule has 0 aliphatic heterocycles. The zero-order valence-electron chi connectivity index (χ0n) is 12.4. The number of allylic oxidation sites excluding steroid dienone is 3. The molecule has 0 bridgehead atoms. The van der Waals surface area contributed by atoms with E-state index in [4.69, 9.17) is 10.2 Å². The molecule has 0 aromatic heterocycles. The number of hydrogen-bond donors (Lipinski definition) is 2. The molecule has 0 fully saturated rings. The minimum absolute atomic E-state index is 0.167. The fourth-order valence-corrected chi connectivity index (χ4v) is 1.20. The fraction of sp³-hybridized carbons (Fsp3) is 0.667. The van der Waals surface area contributed by atoms with Crippen LogP contribution in [-0.4, -0.2) is 22.8 Å². The Morgan fingerprint density at radius 1 is 1.17 bits per heavy atom. The summed E-state index contributed by atoms with van der Waals surface area (Å²) in [6, 6.07) is 0. The third-order valence-corrected chi connectivity index (χ3v) is 2.11. The van der Waals surface area contributed by atoms with Gasteiger partial charge in [0.05, 0.1) is 6.61 Å². The average molecular weight is 256 g/mol. The van der Waals surface area contributed by atoms with Crippen LogP contribution in [0.5, 0.6) is 0 Å². The van der Waals surface area contributed by atoms with Crippen LogP contribution in [0.1, 0.15) is 53.9 Å². The molecule has 0 amide bonds. The highest BCUT2D eigenvalue weighted by molar-refractivity contribution is 5.66. The molecular formula is C15H28O3. The normalized spacial score (nSPS) is 10.7. The number of carbonyl (C=O) groups is 1. The highest BCUT2D eigenvalue weighted by Gasteiger charge is 1.98. The Kier molecular flexibility index (Phi) is 13.2. The molecule has 106 valence electrons. The van der Waals surface area contributed by atoms with Crippen molar-refractivity contribution in [2.45, 2.75) is 53.9 Å². The van der Waals surface area contributed by atoms with E-state index in [0.29, 0.717) is 0 Å². The van der Waals surface area contributed by atoms with E-state index in [2.05, 4.69) is 26.8 Å². The van der Waals surface area contributed by atoms with Crippen molar-refractivity contribution < 1.29 is 15.0 Å². The van der Waals surface area contributed by atoms with Crippen LogP contribution in [0.3, 0.4) is 0 Å². The number of carboxylic acids is 1. The number of rotatable bonds is 6. The van der Waals surface area contributed by atoms with Crippen molar-refractivity contribution in [3.63, 3.8) is 0 Å². The largest absolute Gasteiger partial charge is 0.481 e. The molecule has 0 aromatic rings. The Balaban J connectivity index is 0. The summed E-state index contributed by atoms with van der Waals surface area (Å²) in [6.07, 6.45) is 6.50. The zero-order chi connectivity index (χ0) is 14.6. The smallest absolute Gasteiger partial charge is 0.303 e. The standard InChI is InChI=1S/C10H18O.C5H10O2/c1-9(2)5-4-6-10(3)7-8-11;1-4(2)3-5(6)7/h5,7,11H,4,6,8H2,1-3H3;4H,3H2,1-2H3,(H,6,7)/b10-7-;. The third kappa shape index (κ3) is 20.3. The van der Waals surface area contributed by atoms with E-state index in [0.717, 1.165) is 12.8 Å². The van der Waals surface area contributed by atoms with Gasteiger partial charge in [0, 0.05) is 6.42 Å². The van der Waals surface area contributed by atoms with Gasteiger partial charge < -0.3 is 10.2 Å². The number of aliphatic hydroxyl groups is 1. The second-order valence-electron chi connectivity index (χ2n) is 5.04. The molecular weight excluding hydrogens is 228 g/mol. The molecule has 3 heteroatoms. The van der Waals surface area contributed by atoms with Gasteiger partial charge in [0.15, 0.2) is 0 Å². The van der Waals surface area contributed by atoms with E-state index in [1.54, 1.807) is 0 Å². The minimum atomic E-state index is -0.713. The van der Waals surface area contributed by atoms with Crippen molar-refractivity contribution in [2.24, 2.45) is 5.92 Å². The molecule has 0 radical (unpaired) electrons. The van der Waals surface area contributed by atoms with Gasteiger partial charge in [-0.25, -0.2) is 0 Å². The molecule has 2 N–H and O–H groups in total. The van der Waals surface area contributed by atoms with Gasteiger partial charge in [-0.05, 0) is 39.5 Å². The molecule has 0 saturated heterocycles. The molecule has 0 spiro atoms. The number of aliphatic hydroxyl groups excluding tert-OH is 1. The summed E-state index contributed by atoms with van der Waals surface area (Å²) in [7, 11) is 0. The molecule has 18 heavy (non-hydrogen) atoms. The van der Waals surface area contributed by atoms with Gasteiger partial charge in [0.25, 0.3) is 0 Å². The maximum Gasteiger partial charge on any atom is 0.303 e. The van der Waals surface area contributed by atoms with Gasteiger partial charge in [0.1, 0.15) is 0 Å². The molecule has 0 unspecified atom stereocenters. The van der Waals surface area contributed by atoms with Crippen molar-refractivity contribution in [3.05, 3.63) is 23.3 Å². The van der Waals surface area contributed by atoms with Gasteiger partial charge in [-0.2, -0.15) is 0 Å². The summed E-state index contributed by atoms with van der Waals surface area (Å²) >= 11 is 0. The minimum Gasteiger partial charge on any atom is -0.481 e. The molecule has 0 saturated carbocycles. The van der Waals surface area contributed by atoms with E-state index >= 15 is 0 Å². The van der Waals surface area contributed by atoms with Crippen LogP contribution in [0.4, 0.5) is 0 Å². The van der Waals surface area contributed by atoms with Gasteiger partial charge >= 0.3 is 5.97 Å². The van der Waals surface area contributed by atoms with Crippen molar-refractivity contribution in [3.8, 4) is 0 Å². The summed E-state index contributed by atoms with van der Waals surface area (Å²) in [5.41, 5.74) is 2.63. The molecule has 0 aromatic carbocycles. The van der Waals surface area contributed by atoms with Crippen molar-refractivity contribution in [1.82, 2.24) is 0 Å². The summed E-state index contributed by atoms with van der Waals surface area (Å²) in [4.78, 5) is 9.81. The van der Waals surface area contributed by atoms with Crippen LogP contribution >= 0.6 is 0 Å². The Morgan fingerprint density at radius 3 is 2.00 bits per heavy atom. The SMILES string of the molecule is CC(C)=CCC/C(C)=C\CO.CC(C)CC(=O)O. The lowest BCUT2D eigenvalue weighted by atomic mass is 10.1. The molecule has 0 rings (SSSR count). The number of carboxylic acid groups (broad SMARTS) is 1. The summed E-state index contributed by atoms with van der Waals surface area (Å²) < 4.78 is 0. The zero-order valence-corrected chi connectivity index (χ0v) is 12.4. The van der Waals surface area contributed by atoms with Crippen LogP contribution in [0.2, 0.25) is 0 Å². The Hall–Kier alpha value is -1.09. The fourth-order valence-electron chi connectivity index (χ4n) is 1.20.